The maximum absolute atomic E-state index is 12.6. The largest absolute Gasteiger partial charge is 0.241 e. The van der Waals surface area contributed by atoms with Crippen LogP contribution >= 0.6 is 0 Å². The van der Waals surface area contributed by atoms with Crippen LogP contribution in [0.3, 0.4) is 0 Å². The molecular weight excluding hydrogens is 217 g/mol. The van der Waals surface area contributed by atoms with Crippen LogP contribution < -0.4 is 5.14 Å². The lowest BCUT2D eigenvalue weighted by Crippen LogP contribution is -2.13. The van der Waals surface area contributed by atoms with Gasteiger partial charge in [0.1, 0.15) is 15.7 Å². The predicted octanol–water partition coefficient (Wildman–Crippen LogP) is 1.44. The average Bonchev–Trinajstić information content (AvgIpc) is 2.18. The second-order valence-electron chi connectivity index (χ2n) is 2.78. The van der Waals surface area contributed by atoms with E-state index in [2.05, 4.69) is 4.36 Å². The van der Waals surface area contributed by atoms with Gasteiger partial charge in [0.15, 0.2) is 0 Å². The number of benzene rings is 1. The van der Waals surface area contributed by atoms with Crippen LogP contribution in [0.15, 0.2) is 33.5 Å². The number of nitrogens with two attached hydrogens (primary N) is 1. The quantitative estimate of drug-likeness (QED) is 0.793. The Morgan fingerprint density at radius 2 is 2.07 bits per heavy atom. The molecule has 1 rings (SSSR count). The van der Waals surface area contributed by atoms with E-state index in [9.17, 15) is 8.60 Å². The standard InChI is InChI=1S/C9H10FN3OS/c10-8-2-4-9(5-3-8)15(12,14)13-7-1-6-11/h2-5H,1,7H2,(H2,12,13,14). The van der Waals surface area contributed by atoms with Gasteiger partial charge in [0.25, 0.3) is 0 Å². The third-order valence-corrected chi connectivity index (χ3v) is 3.17. The second kappa shape index (κ2) is 4.87. The maximum Gasteiger partial charge on any atom is 0.134 e. The molecule has 4 nitrogen and oxygen atoms in total. The zero-order valence-corrected chi connectivity index (χ0v) is 8.71. The molecule has 0 bridgehead atoms. The fraction of sp³-hybridized carbons (Fsp3) is 0.222. The molecule has 0 saturated heterocycles. The lowest BCUT2D eigenvalue weighted by atomic mass is 10.4. The van der Waals surface area contributed by atoms with Crippen molar-refractivity contribution in [3.05, 3.63) is 30.1 Å². The summed E-state index contributed by atoms with van der Waals surface area (Å²) in [7, 11) is -2.99. The monoisotopic (exact) mass is 227 g/mol. The van der Waals surface area contributed by atoms with E-state index in [1.807, 2.05) is 6.07 Å². The lowest BCUT2D eigenvalue weighted by molar-refractivity contribution is 0.626. The van der Waals surface area contributed by atoms with Crippen LogP contribution in [0, 0.1) is 17.1 Å². The molecule has 1 unspecified atom stereocenters. The molecule has 0 aliphatic rings. The number of halogens is 1. The summed E-state index contributed by atoms with van der Waals surface area (Å²) in [5, 5.41) is 13.7. The van der Waals surface area contributed by atoms with Crippen molar-refractivity contribution in [1.82, 2.24) is 0 Å². The molecule has 1 atom stereocenters. The summed E-state index contributed by atoms with van der Waals surface area (Å²) < 4.78 is 28.0. The van der Waals surface area contributed by atoms with Crippen molar-refractivity contribution in [3.8, 4) is 6.07 Å². The van der Waals surface area contributed by atoms with Gasteiger partial charge in [-0.3, -0.25) is 0 Å². The van der Waals surface area contributed by atoms with Gasteiger partial charge >= 0.3 is 0 Å². The third kappa shape index (κ3) is 3.31. The smallest absolute Gasteiger partial charge is 0.134 e. The number of hydrogen-bond acceptors (Lipinski definition) is 3. The Labute approximate surface area is 87.8 Å². The van der Waals surface area contributed by atoms with Crippen LogP contribution in [0.4, 0.5) is 4.39 Å². The molecule has 0 fully saturated rings. The molecule has 0 heterocycles. The van der Waals surface area contributed by atoms with Crippen molar-refractivity contribution in [1.29, 1.82) is 5.26 Å². The third-order valence-electron chi connectivity index (χ3n) is 1.66. The Hall–Kier alpha value is -1.45. The summed E-state index contributed by atoms with van der Waals surface area (Å²) in [6.07, 6.45) is 0.162. The lowest BCUT2D eigenvalue weighted by Gasteiger charge is -2.02. The van der Waals surface area contributed by atoms with Gasteiger partial charge < -0.3 is 0 Å². The van der Waals surface area contributed by atoms with E-state index in [1.54, 1.807) is 0 Å². The van der Waals surface area contributed by atoms with Gasteiger partial charge in [0.2, 0.25) is 0 Å². The molecule has 1 aromatic rings. The van der Waals surface area contributed by atoms with Crippen molar-refractivity contribution in [2.45, 2.75) is 11.3 Å². The number of nitriles is 1. The van der Waals surface area contributed by atoms with E-state index >= 15 is 0 Å². The van der Waals surface area contributed by atoms with Crippen LogP contribution in [0.5, 0.6) is 0 Å². The highest BCUT2D eigenvalue weighted by Gasteiger charge is 2.05. The molecule has 2 N–H and O–H groups in total. The van der Waals surface area contributed by atoms with Crippen molar-refractivity contribution < 1.29 is 8.60 Å². The first-order valence-electron chi connectivity index (χ1n) is 4.19. The molecule has 0 radical (unpaired) electrons. The fourth-order valence-corrected chi connectivity index (χ4v) is 1.97. The Morgan fingerprint density at radius 1 is 1.47 bits per heavy atom. The van der Waals surface area contributed by atoms with Gasteiger partial charge in [-0.1, -0.05) is 0 Å². The zero-order valence-electron chi connectivity index (χ0n) is 7.89. The molecule has 0 aliphatic heterocycles. The van der Waals surface area contributed by atoms with Crippen LogP contribution in [0.2, 0.25) is 0 Å². The highest BCUT2D eigenvalue weighted by molar-refractivity contribution is 7.91. The van der Waals surface area contributed by atoms with Gasteiger partial charge in [0, 0.05) is 0 Å². The molecule has 0 aromatic heterocycles. The first kappa shape index (κ1) is 11.6. The van der Waals surface area contributed by atoms with Crippen molar-refractivity contribution in [2.24, 2.45) is 9.50 Å². The average molecular weight is 227 g/mol. The minimum Gasteiger partial charge on any atom is -0.241 e. The van der Waals surface area contributed by atoms with Crippen molar-refractivity contribution in [3.63, 3.8) is 0 Å². The molecule has 15 heavy (non-hydrogen) atoms. The molecular formula is C9H10FN3OS. The zero-order chi connectivity index (χ0) is 11.3. The van der Waals surface area contributed by atoms with Crippen molar-refractivity contribution >= 4 is 9.92 Å². The Balaban J connectivity index is 2.96. The fourth-order valence-electron chi connectivity index (χ4n) is 0.935. The van der Waals surface area contributed by atoms with E-state index in [-0.39, 0.29) is 17.9 Å². The summed E-state index contributed by atoms with van der Waals surface area (Å²) in [6.45, 7) is 0.114. The highest BCUT2D eigenvalue weighted by Crippen LogP contribution is 2.09. The molecule has 6 heteroatoms. The van der Waals surface area contributed by atoms with Gasteiger partial charge in [0.05, 0.1) is 23.9 Å². The first-order valence-corrected chi connectivity index (χ1v) is 5.77. The molecule has 0 saturated carbocycles. The summed E-state index contributed by atoms with van der Waals surface area (Å²) in [4.78, 5) is 0.266. The van der Waals surface area contributed by atoms with Gasteiger partial charge in [-0.25, -0.2) is 18.1 Å². The number of rotatable bonds is 3. The van der Waals surface area contributed by atoms with E-state index in [4.69, 9.17) is 10.4 Å². The van der Waals surface area contributed by atoms with E-state index in [1.165, 1.54) is 24.3 Å². The summed E-state index contributed by atoms with van der Waals surface area (Å²) >= 11 is 0. The number of nitrogens with zero attached hydrogens (tertiary/aromatic N) is 2. The van der Waals surface area contributed by atoms with E-state index < -0.39 is 15.7 Å². The van der Waals surface area contributed by atoms with Gasteiger partial charge in [-0.05, 0) is 24.3 Å². The molecule has 1 aromatic carbocycles. The van der Waals surface area contributed by atoms with Crippen LogP contribution in [-0.2, 0) is 9.92 Å². The minimum absolute atomic E-state index is 0.114. The summed E-state index contributed by atoms with van der Waals surface area (Å²) in [6, 6.07) is 6.86. The predicted molar refractivity (Wildman–Crippen MR) is 54.5 cm³/mol. The van der Waals surface area contributed by atoms with Gasteiger partial charge in [-0.15, -0.1) is 0 Å². The van der Waals surface area contributed by atoms with Crippen LogP contribution in [0.1, 0.15) is 6.42 Å². The maximum atomic E-state index is 12.6. The molecule has 0 amide bonds. The van der Waals surface area contributed by atoms with Crippen LogP contribution in [0.25, 0.3) is 0 Å². The topological polar surface area (TPSA) is 79.2 Å². The highest BCUT2D eigenvalue weighted by atomic mass is 32.2. The Morgan fingerprint density at radius 3 is 2.60 bits per heavy atom. The minimum atomic E-state index is -2.99. The molecule has 0 spiro atoms. The summed E-state index contributed by atoms with van der Waals surface area (Å²) in [5.41, 5.74) is 0. The van der Waals surface area contributed by atoms with Crippen LogP contribution in [-0.4, -0.2) is 10.8 Å². The Bertz CT molecular complexity index is 483. The van der Waals surface area contributed by atoms with Crippen molar-refractivity contribution in [2.75, 3.05) is 6.54 Å². The molecule has 80 valence electrons. The second-order valence-corrected chi connectivity index (χ2v) is 4.65. The van der Waals surface area contributed by atoms with E-state index in [0.29, 0.717) is 0 Å². The van der Waals surface area contributed by atoms with E-state index in [0.717, 1.165) is 0 Å². The summed E-state index contributed by atoms with van der Waals surface area (Å²) in [5.74, 6) is -0.425. The number of hydrogen-bond donors (Lipinski definition) is 1. The molecule has 0 aliphatic carbocycles. The Kier molecular flexibility index (Phi) is 3.77. The SMILES string of the molecule is N#CCCN=S(N)(=O)c1ccc(F)cc1. The normalized spacial score (nSPS) is 13.9. The first-order chi connectivity index (χ1) is 7.06. The van der Waals surface area contributed by atoms with Gasteiger partial charge in [-0.2, -0.15) is 5.26 Å².